The standard InChI is InChI=1S/C19H19N5O3/c1-13-5-4-10-24-17(25)11-14(20-18(13)24)12-27-19(26)15-6-7-16(22-21-15)23-8-2-3-9-23/h4-7,10-11H,2-3,8-9,12H2,1H3. The van der Waals surface area contributed by atoms with Crippen LogP contribution in [0, 0.1) is 6.92 Å². The summed E-state index contributed by atoms with van der Waals surface area (Å²) in [4.78, 5) is 30.9. The second kappa shape index (κ2) is 7.14. The molecule has 8 heteroatoms. The molecular formula is C19H19N5O3. The van der Waals surface area contributed by atoms with Gasteiger partial charge < -0.3 is 9.64 Å². The quantitative estimate of drug-likeness (QED) is 0.651. The Morgan fingerprint density at radius 1 is 1.19 bits per heavy atom. The van der Waals surface area contributed by atoms with Gasteiger partial charge in [-0.05, 0) is 43.5 Å². The number of hydrogen-bond acceptors (Lipinski definition) is 7. The number of aromatic nitrogens is 4. The smallest absolute Gasteiger partial charge is 0.359 e. The number of fused-ring (bicyclic) bond motifs is 1. The lowest BCUT2D eigenvalue weighted by Gasteiger charge is -2.15. The number of hydrogen-bond donors (Lipinski definition) is 0. The lowest BCUT2D eigenvalue weighted by atomic mass is 10.3. The number of pyridine rings is 1. The molecule has 0 saturated carbocycles. The van der Waals surface area contributed by atoms with Gasteiger partial charge in [-0.3, -0.25) is 9.20 Å². The Morgan fingerprint density at radius 2 is 2.00 bits per heavy atom. The third-order valence-corrected chi connectivity index (χ3v) is 4.58. The number of esters is 1. The Balaban J connectivity index is 1.47. The zero-order chi connectivity index (χ0) is 18.8. The highest BCUT2D eigenvalue weighted by atomic mass is 16.5. The van der Waals surface area contributed by atoms with Crippen LogP contribution in [0.2, 0.25) is 0 Å². The Hall–Kier alpha value is -3.29. The van der Waals surface area contributed by atoms with Crippen molar-refractivity contribution >= 4 is 17.4 Å². The fraction of sp³-hybridized carbons (Fsp3) is 0.316. The molecule has 0 amide bonds. The second-order valence-electron chi connectivity index (χ2n) is 6.52. The van der Waals surface area contributed by atoms with Crippen molar-refractivity contribution < 1.29 is 9.53 Å². The van der Waals surface area contributed by atoms with E-state index < -0.39 is 5.97 Å². The van der Waals surface area contributed by atoms with Crippen molar-refractivity contribution in [2.45, 2.75) is 26.4 Å². The summed E-state index contributed by atoms with van der Waals surface area (Å²) < 4.78 is 6.72. The molecule has 3 aromatic heterocycles. The van der Waals surface area contributed by atoms with Crippen molar-refractivity contribution in [1.82, 2.24) is 19.6 Å². The molecule has 3 aromatic rings. The molecule has 0 aliphatic carbocycles. The molecule has 138 valence electrons. The number of carbonyl (C=O) groups excluding carboxylic acids is 1. The number of ether oxygens (including phenoxy) is 1. The third kappa shape index (κ3) is 3.51. The minimum atomic E-state index is -0.595. The van der Waals surface area contributed by atoms with Gasteiger partial charge in [0.15, 0.2) is 11.5 Å². The molecule has 1 aliphatic rings. The first kappa shape index (κ1) is 17.1. The van der Waals surface area contributed by atoms with Crippen molar-refractivity contribution in [3.63, 3.8) is 0 Å². The summed E-state index contributed by atoms with van der Waals surface area (Å²) in [7, 11) is 0. The van der Waals surface area contributed by atoms with Crippen molar-refractivity contribution in [3.05, 3.63) is 63.8 Å². The molecule has 0 atom stereocenters. The first-order valence-corrected chi connectivity index (χ1v) is 8.85. The Labute approximate surface area is 155 Å². The number of rotatable bonds is 4. The predicted molar refractivity (Wildman–Crippen MR) is 98.8 cm³/mol. The zero-order valence-electron chi connectivity index (χ0n) is 15.0. The molecule has 1 fully saturated rings. The highest BCUT2D eigenvalue weighted by molar-refractivity contribution is 5.87. The summed E-state index contributed by atoms with van der Waals surface area (Å²) in [6, 6.07) is 8.40. The molecule has 0 N–H and O–H groups in total. The van der Waals surface area contributed by atoms with E-state index in [1.165, 1.54) is 10.5 Å². The second-order valence-corrected chi connectivity index (χ2v) is 6.52. The van der Waals surface area contributed by atoms with Crippen LogP contribution in [0.4, 0.5) is 5.82 Å². The van der Waals surface area contributed by atoms with E-state index in [-0.39, 0.29) is 17.9 Å². The SMILES string of the molecule is Cc1cccn2c(=O)cc(COC(=O)c3ccc(N4CCCC4)nn3)nc12. The van der Waals surface area contributed by atoms with Crippen LogP contribution in [0.25, 0.3) is 5.65 Å². The van der Waals surface area contributed by atoms with E-state index in [1.807, 2.05) is 13.0 Å². The summed E-state index contributed by atoms with van der Waals surface area (Å²) >= 11 is 0. The number of nitrogens with zero attached hydrogens (tertiary/aromatic N) is 5. The maximum absolute atomic E-state index is 12.2. The van der Waals surface area contributed by atoms with Gasteiger partial charge in [0, 0.05) is 25.4 Å². The van der Waals surface area contributed by atoms with Crippen LogP contribution in [0.3, 0.4) is 0 Å². The molecule has 0 unspecified atom stereocenters. The van der Waals surface area contributed by atoms with Crippen LogP contribution >= 0.6 is 0 Å². The van der Waals surface area contributed by atoms with Crippen molar-refractivity contribution in [2.75, 3.05) is 18.0 Å². The van der Waals surface area contributed by atoms with E-state index in [0.717, 1.165) is 37.3 Å². The first-order chi connectivity index (χ1) is 13.1. The molecule has 0 radical (unpaired) electrons. The van der Waals surface area contributed by atoms with E-state index >= 15 is 0 Å². The maximum Gasteiger partial charge on any atom is 0.359 e. The fourth-order valence-electron chi connectivity index (χ4n) is 3.15. The van der Waals surface area contributed by atoms with E-state index in [0.29, 0.717) is 11.3 Å². The average molecular weight is 365 g/mol. The van der Waals surface area contributed by atoms with Gasteiger partial charge in [0.1, 0.15) is 12.3 Å². The summed E-state index contributed by atoms with van der Waals surface area (Å²) in [5.74, 6) is 0.172. The lowest BCUT2D eigenvalue weighted by Crippen LogP contribution is -2.20. The van der Waals surface area contributed by atoms with Gasteiger partial charge in [0.2, 0.25) is 0 Å². The van der Waals surface area contributed by atoms with Gasteiger partial charge in [-0.25, -0.2) is 9.78 Å². The van der Waals surface area contributed by atoms with Crippen molar-refractivity contribution in [1.29, 1.82) is 0 Å². The van der Waals surface area contributed by atoms with Crippen molar-refractivity contribution in [2.24, 2.45) is 0 Å². The topological polar surface area (TPSA) is 89.7 Å². The largest absolute Gasteiger partial charge is 0.454 e. The summed E-state index contributed by atoms with van der Waals surface area (Å²) in [6.45, 7) is 3.69. The van der Waals surface area contributed by atoms with Crippen LogP contribution in [-0.4, -0.2) is 38.6 Å². The summed E-state index contributed by atoms with van der Waals surface area (Å²) in [6.07, 6.45) is 3.94. The van der Waals surface area contributed by atoms with Crippen LogP contribution in [0.1, 0.15) is 34.6 Å². The summed E-state index contributed by atoms with van der Waals surface area (Å²) in [5.41, 5.74) is 1.72. The fourth-order valence-corrected chi connectivity index (χ4v) is 3.15. The average Bonchev–Trinajstić information content (AvgIpc) is 3.22. The van der Waals surface area contributed by atoms with Crippen molar-refractivity contribution in [3.8, 4) is 0 Å². The van der Waals surface area contributed by atoms with Crippen LogP contribution in [0.5, 0.6) is 0 Å². The number of carbonyl (C=O) groups is 1. The Kier molecular flexibility index (Phi) is 4.53. The lowest BCUT2D eigenvalue weighted by molar-refractivity contribution is 0.0459. The van der Waals surface area contributed by atoms with Gasteiger partial charge in [-0.2, -0.15) is 0 Å². The van der Waals surface area contributed by atoms with Crippen LogP contribution in [0.15, 0.2) is 41.3 Å². The first-order valence-electron chi connectivity index (χ1n) is 8.85. The Morgan fingerprint density at radius 3 is 2.74 bits per heavy atom. The molecule has 27 heavy (non-hydrogen) atoms. The highest BCUT2D eigenvalue weighted by Crippen LogP contribution is 2.16. The highest BCUT2D eigenvalue weighted by Gasteiger charge is 2.16. The number of anilines is 1. The molecule has 4 heterocycles. The van der Waals surface area contributed by atoms with Gasteiger partial charge in [-0.15, -0.1) is 10.2 Å². The van der Waals surface area contributed by atoms with Crippen LogP contribution in [-0.2, 0) is 11.3 Å². The minimum Gasteiger partial charge on any atom is -0.454 e. The third-order valence-electron chi connectivity index (χ3n) is 4.58. The molecule has 1 aliphatic heterocycles. The normalized spacial score (nSPS) is 13.9. The Bertz CT molecular complexity index is 1040. The minimum absolute atomic E-state index is 0.103. The number of aryl methyl sites for hydroxylation is 1. The molecule has 0 spiro atoms. The van der Waals surface area contributed by atoms with E-state index in [1.54, 1.807) is 24.4 Å². The van der Waals surface area contributed by atoms with Gasteiger partial charge >= 0.3 is 5.97 Å². The van der Waals surface area contributed by atoms with E-state index in [2.05, 4.69) is 20.1 Å². The summed E-state index contributed by atoms with van der Waals surface area (Å²) in [5, 5.41) is 8.07. The van der Waals surface area contributed by atoms with Crippen LogP contribution < -0.4 is 10.5 Å². The molecule has 0 bridgehead atoms. The molecule has 0 aromatic carbocycles. The molecular weight excluding hydrogens is 346 g/mol. The predicted octanol–water partition coefficient (Wildman–Crippen LogP) is 1.75. The maximum atomic E-state index is 12.2. The monoisotopic (exact) mass is 365 g/mol. The van der Waals surface area contributed by atoms with E-state index in [4.69, 9.17) is 4.74 Å². The molecule has 1 saturated heterocycles. The van der Waals surface area contributed by atoms with Gasteiger partial charge in [0.05, 0.1) is 5.69 Å². The van der Waals surface area contributed by atoms with E-state index in [9.17, 15) is 9.59 Å². The zero-order valence-corrected chi connectivity index (χ0v) is 15.0. The molecule has 4 rings (SSSR count). The van der Waals surface area contributed by atoms with Gasteiger partial charge in [0.25, 0.3) is 5.56 Å². The molecule has 8 nitrogen and oxygen atoms in total. The van der Waals surface area contributed by atoms with Gasteiger partial charge in [-0.1, -0.05) is 6.07 Å².